The number of imidazole rings is 1. The molecular formula is C14H16BrN3S. The zero-order chi connectivity index (χ0) is 12.8. The normalized spacial score (nSPS) is 29.8. The number of nitrogens with zero attached hydrogens (tertiary/aromatic N) is 3. The zero-order valence-electron chi connectivity index (χ0n) is 10.6. The molecule has 3 aliphatic heterocycles. The summed E-state index contributed by atoms with van der Waals surface area (Å²) < 4.78 is 3.51. The third-order valence-corrected chi connectivity index (χ3v) is 6.08. The van der Waals surface area contributed by atoms with Crippen LogP contribution in [0, 0.1) is 5.92 Å². The Morgan fingerprint density at radius 1 is 1.26 bits per heavy atom. The van der Waals surface area contributed by atoms with Gasteiger partial charge in [-0.2, -0.15) is 0 Å². The minimum Gasteiger partial charge on any atom is -0.332 e. The molecule has 0 N–H and O–H groups in total. The molecule has 0 aromatic carbocycles. The van der Waals surface area contributed by atoms with Gasteiger partial charge < -0.3 is 9.47 Å². The monoisotopic (exact) mass is 337 g/mol. The van der Waals surface area contributed by atoms with Crippen molar-refractivity contribution in [3.05, 3.63) is 28.4 Å². The van der Waals surface area contributed by atoms with Crippen molar-refractivity contribution in [2.24, 2.45) is 5.92 Å². The standard InChI is InChI=1S/C14H16BrN3S/c15-14-2-1-13(19-14)11-7-18(9-16-11)12-8-17-5-3-10(12)4-6-17/h1-2,7,9-10,12H,3-6,8H2/t12-/m0/s1. The van der Waals surface area contributed by atoms with E-state index in [4.69, 9.17) is 0 Å². The molecule has 0 aliphatic carbocycles. The second kappa shape index (κ2) is 4.72. The average Bonchev–Trinajstić information content (AvgIpc) is 3.08. The van der Waals surface area contributed by atoms with E-state index in [1.807, 2.05) is 6.33 Å². The van der Waals surface area contributed by atoms with Crippen LogP contribution in [0.15, 0.2) is 28.4 Å². The first-order valence-electron chi connectivity index (χ1n) is 6.81. The van der Waals surface area contributed by atoms with Crippen LogP contribution in [0.2, 0.25) is 0 Å². The van der Waals surface area contributed by atoms with Crippen LogP contribution in [0.4, 0.5) is 0 Å². The highest BCUT2D eigenvalue weighted by molar-refractivity contribution is 9.11. The summed E-state index contributed by atoms with van der Waals surface area (Å²) in [5.74, 6) is 0.849. The lowest BCUT2D eigenvalue weighted by Gasteiger charge is -2.45. The summed E-state index contributed by atoms with van der Waals surface area (Å²) in [4.78, 5) is 8.42. The lowest BCUT2D eigenvalue weighted by atomic mass is 9.84. The van der Waals surface area contributed by atoms with Crippen LogP contribution in [0.3, 0.4) is 0 Å². The number of halogens is 1. The van der Waals surface area contributed by atoms with Crippen molar-refractivity contribution in [2.75, 3.05) is 19.6 Å². The van der Waals surface area contributed by atoms with Gasteiger partial charge in [-0.1, -0.05) is 0 Å². The van der Waals surface area contributed by atoms with Crippen molar-refractivity contribution in [1.82, 2.24) is 14.5 Å². The molecule has 5 heteroatoms. The summed E-state index contributed by atoms with van der Waals surface area (Å²) in [5.41, 5.74) is 1.10. The Morgan fingerprint density at radius 2 is 2.11 bits per heavy atom. The maximum Gasteiger partial charge on any atom is 0.0982 e. The van der Waals surface area contributed by atoms with Crippen LogP contribution in [-0.4, -0.2) is 34.1 Å². The van der Waals surface area contributed by atoms with Gasteiger partial charge in [-0.15, -0.1) is 11.3 Å². The van der Waals surface area contributed by atoms with Crippen molar-refractivity contribution in [2.45, 2.75) is 18.9 Å². The highest BCUT2D eigenvalue weighted by Gasteiger charge is 2.35. The first-order valence-corrected chi connectivity index (χ1v) is 8.42. The summed E-state index contributed by atoms with van der Waals surface area (Å²) in [5, 5.41) is 0. The highest BCUT2D eigenvalue weighted by Crippen LogP contribution is 2.37. The van der Waals surface area contributed by atoms with E-state index in [1.165, 1.54) is 41.1 Å². The van der Waals surface area contributed by atoms with Crippen molar-refractivity contribution < 1.29 is 0 Å². The van der Waals surface area contributed by atoms with E-state index in [0.29, 0.717) is 6.04 Å². The largest absolute Gasteiger partial charge is 0.332 e. The molecule has 0 spiro atoms. The molecule has 100 valence electrons. The number of rotatable bonds is 2. The van der Waals surface area contributed by atoms with Gasteiger partial charge in [-0.25, -0.2) is 4.98 Å². The van der Waals surface area contributed by atoms with E-state index >= 15 is 0 Å². The zero-order valence-corrected chi connectivity index (χ0v) is 13.0. The second-order valence-electron chi connectivity index (χ2n) is 5.52. The van der Waals surface area contributed by atoms with Crippen LogP contribution in [0.1, 0.15) is 18.9 Å². The Bertz CT molecular complexity index is 583. The average molecular weight is 338 g/mol. The summed E-state index contributed by atoms with van der Waals surface area (Å²) >= 11 is 5.26. The van der Waals surface area contributed by atoms with Gasteiger partial charge in [0, 0.05) is 12.7 Å². The molecule has 19 heavy (non-hydrogen) atoms. The molecule has 5 rings (SSSR count). The minimum absolute atomic E-state index is 0.632. The molecule has 0 radical (unpaired) electrons. The van der Waals surface area contributed by atoms with Gasteiger partial charge in [0.05, 0.1) is 26.7 Å². The molecule has 0 unspecified atom stereocenters. The number of fused-ring (bicyclic) bond motifs is 3. The fourth-order valence-corrected chi connectivity index (χ4v) is 4.72. The van der Waals surface area contributed by atoms with Gasteiger partial charge in [0.1, 0.15) is 0 Å². The van der Waals surface area contributed by atoms with Crippen LogP contribution in [-0.2, 0) is 0 Å². The Labute approximate surface area is 125 Å². The molecule has 3 fully saturated rings. The maximum absolute atomic E-state index is 4.59. The van der Waals surface area contributed by atoms with Gasteiger partial charge in [0.2, 0.25) is 0 Å². The van der Waals surface area contributed by atoms with Gasteiger partial charge >= 0.3 is 0 Å². The first kappa shape index (κ1) is 12.1. The van der Waals surface area contributed by atoms with E-state index in [9.17, 15) is 0 Å². The van der Waals surface area contributed by atoms with E-state index in [1.54, 1.807) is 11.3 Å². The van der Waals surface area contributed by atoms with E-state index < -0.39 is 0 Å². The fraction of sp³-hybridized carbons (Fsp3) is 0.500. The molecular weight excluding hydrogens is 322 g/mol. The van der Waals surface area contributed by atoms with Gasteiger partial charge in [0.15, 0.2) is 0 Å². The predicted molar refractivity (Wildman–Crippen MR) is 81.4 cm³/mol. The minimum atomic E-state index is 0.632. The number of hydrogen-bond donors (Lipinski definition) is 0. The predicted octanol–water partition coefficient (Wildman–Crippen LogP) is 3.64. The molecule has 2 aromatic rings. The molecule has 0 saturated carbocycles. The number of aromatic nitrogens is 2. The topological polar surface area (TPSA) is 21.1 Å². The maximum atomic E-state index is 4.59. The molecule has 3 saturated heterocycles. The number of thiophene rings is 1. The summed E-state index contributed by atoms with van der Waals surface area (Å²) in [6.07, 6.45) is 6.95. The lowest BCUT2D eigenvalue weighted by molar-refractivity contribution is 0.0570. The summed E-state index contributed by atoms with van der Waals surface area (Å²) in [6.45, 7) is 3.79. The van der Waals surface area contributed by atoms with E-state index in [0.717, 1.165) is 11.6 Å². The second-order valence-corrected chi connectivity index (χ2v) is 7.98. The van der Waals surface area contributed by atoms with Crippen LogP contribution in [0.5, 0.6) is 0 Å². The Balaban J connectivity index is 1.61. The number of piperidine rings is 3. The number of hydrogen-bond acceptors (Lipinski definition) is 3. The smallest absolute Gasteiger partial charge is 0.0982 e. The van der Waals surface area contributed by atoms with E-state index in [-0.39, 0.29) is 0 Å². The van der Waals surface area contributed by atoms with Crippen molar-refractivity contribution in [1.29, 1.82) is 0 Å². The third kappa shape index (κ3) is 2.18. The van der Waals surface area contributed by atoms with Crippen LogP contribution in [0.25, 0.3) is 10.6 Å². The van der Waals surface area contributed by atoms with Crippen LogP contribution < -0.4 is 0 Å². The first-order chi connectivity index (χ1) is 9.29. The molecule has 1 atom stereocenters. The van der Waals surface area contributed by atoms with Crippen molar-refractivity contribution >= 4 is 27.3 Å². The molecule has 2 bridgehead atoms. The fourth-order valence-electron chi connectivity index (χ4n) is 3.37. The van der Waals surface area contributed by atoms with Gasteiger partial charge in [-0.3, -0.25) is 0 Å². The van der Waals surface area contributed by atoms with Gasteiger partial charge in [-0.05, 0) is 59.9 Å². The molecule has 5 heterocycles. The summed E-state index contributed by atoms with van der Waals surface area (Å²) in [7, 11) is 0. The quantitative estimate of drug-likeness (QED) is 0.834. The van der Waals surface area contributed by atoms with Crippen molar-refractivity contribution in [3.63, 3.8) is 0 Å². The third-order valence-electron chi connectivity index (χ3n) is 4.43. The van der Waals surface area contributed by atoms with Crippen LogP contribution >= 0.6 is 27.3 Å². The van der Waals surface area contributed by atoms with Gasteiger partial charge in [0.25, 0.3) is 0 Å². The van der Waals surface area contributed by atoms with E-state index in [2.05, 4.69) is 48.7 Å². The lowest BCUT2D eigenvalue weighted by Crippen LogP contribution is -2.47. The molecule has 0 amide bonds. The summed E-state index contributed by atoms with van der Waals surface area (Å²) in [6, 6.07) is 4.86. The SMILES string of the molecule is Brc1ccc(-c2cn([C@H]3CN4CCC3CC4)cn2)s1. The Morgan fingerprint density at radius 3 is 2.74 bits per heavy atom. The molecule has 2 aromatic heterocycles. The Kier molecular flexibility index (Phi) is 3.01. The molecule has 3 nitrogen and oxygen atoms in total. The molecule has 3 aliphatic rings. The highest BCUT2D eigenvalue weighted by atomic mass is 79.9. The van der Waals surface area contributed by atoms with Crippen molar-refractivity contribution in [3.8, 4) is 10.6 Å². The Hall–Kier alpha value is -0.650.